The van der Waals surface area contributed by atoms with Crippen molar-refractivity contribution in [2.75, 3.05) is 0 Å². The monoisotopic (exact) mass is 402 g/mol. The molecule has 122 valence electrons. The Kier molecular flexibility index (Phi) is 6.46. The Labute approximate surface area is 155 Å². The highest BCUT2D eigenvalue weighted by molar-refractivity contribution is 8.93. The van der Waals surface area contributed by atoms with Crippen molar-refractivity contribution < 1.29 is 14.1 Å². The highest BCUT2D eigenvalue weighted by atomic mass is 79.9. The second-order valence-electron chi connectivity index (χ2n) is 4.89. The second-order valence-corrected chi connectivity index (χ2v) is 5.96. The first kappa shape index (κ1) is 18.1. The van der Waals surface area contributed by atoms with Gasteiger partial charge in [0, 0.05) is 12.1 Å². The van der Waals surface area contributed by atoms with E-state index in [-0.39, 0.29) is 29.5 Å². The first-order valence-corrected chi connectivity index (χ1v) is 8.04. The van der Waals surface area contributed by atoms with Gasteiger partial charge in [-0.05, 0) is 17.7 Å². The summed E-state index contributed by atoms with van der Waals surface area (Å²) in [5, 5.41) is 0.996. The third-order valence-electron chi connectivity index (χ3n) is 3.36. The lowest BCUT2D eigenvalue weighted by Gasteiger charge is -1.96. The van der Waals surface area contributed by atoms with E-state index in [0.29, 0.717) is 0 Å². The van der Waals surface area contributed by atoms with Crippen molar-refractivity contribution in [1.82, 2.24) is 0 Å². The molecule has 0 unspecified atom stereocenters. The van der Waals surface area contributed by atoms with Gasteiger partial charge in [-0.25, -0.2) is 4.79 Å². The highest BCUT2D eigenvalue weighted by Gasteiger charge is 2.21. The van der Waals surface area contributed by atoms with Crippen molar-refractivity contribution in [3.63, 3.8) is 0 Å². The van der Waals surface area contributed by atoms with E-state index in [1.54, 1.807) is 11.3 Å². The maximum atomic E-state index is 11.8. The molecule has 2 aromatic carbocycles. The zero-order valence-corrected chi connectivity index (χ0v) is 15.5. The van der Waals surface area contributed by atoms with Gasteiger partial charge in [-0.15, -0.1) is 17.0 Å². The van der Waals surface area contributed by atoms with Crippen molar-refractivity contribution in [2.24, 2.45) is 0 Å². The van der Waals surface area contributed by atoms with Gasteiger partial charge in [-0.1, -0.05) is 60.4 Å². The van der Waals surface area contributed by atoms with Crippen molar-refractivity contribution >= 4 is 56.7 Å². The average Bonchev–Trinajstić information content (AvgIpc) is 2.92. The summed E-state index contributed by atoms with van der Waals surface area (Å²) >= 11 is 1.65. The molecule has 0 radical (unpaired) electrons. The van der Waals surface area contributed by atoms with Gasteiger partial charge in [-0.2, -0.15) is 4.57 Å². The van der Waals surface area contributed by atoms with Gasteiger partial charge in [0.2, 0.25) is 12.1 Å². The van der Waals surface area contributed by atoms with Gasteiger partial charge in [0.1, 0.15) is 4.70 Å². The molecule has 0 aliphatic heterocycles. The van der Waals surface area contributed by atoms with E-state index in [0.717, 1.165) is 27.0 Å². The van der Waals surface area contributed by atoms with Gasteiger partial charge >= 0.3 is 5.97 Å². The molecule has 0 bridgehead atoms. The summed E-state index contributed by atoms with van der Waals surface area (Å²) < 4.78 is 7.96. The number of carbonyl (C=O) groups is 1. The van der Waals surface area contributed by atoms with E-state index in [4.69, 9.17) is 4.74 Å². The minimum Gasteiger partial charge on any atom is -0.430 e. The lowest BCUT2D eigenvalue weighted by atomic mass is 10.2. The zero-order valence-electron chi connectivity index (χ0n) is 12.9. The number of halogens is 1. The van der Waals surface area contributed by atoms with Crippen molar-refractivity contribution in [1.29, 1.82) is 0 Å². The van der Waals surface area contributed by atoms with Crippen LogP contribution in [0.2, 0.25) is 0 Å². The van der Waals surface area contributed by atoms with Crippen LogP contribution in [0.15, 0.2) is 67.4 Å². The first-order valence-electron chi connectivity index (χ1n) is 7.23. The fraction of sp³-hybridized carbons (Fsp3) is 0.0526. The van der Waals surface area contributed by atoms with E-state index in [1.807, 2.05) is 65.3 Å². The number of nitrogens with zero attached hydrogens (tertiary/aromatic N) is 1. The molecule has 0 aliphatic carbocycles. The largest absolute Gasteiger partial charge is 0.430 e. The first-order chi connectivity index (χ1) is 11.3. The molecular weight excluding hydrogens is 386 g/mol. The number of benzene rings is 2. The molecule has 3 aromatic rings. The molecule has 24 heavy (non-hydrogen) atoms. The van der Waals surface area contributed by atoms with Gasteiger partial charge in [0.15, 0.2) is 0 Å². The number of fused-ring (bicyclic) bond motifs is 1. The third kappa shape index (κ3) is 4.19. The van der Waals surface area contributed by atoms with Crippen LogP contribution in [-0.4, -0.2) is 5.97 Å². The molecule has 0 fully saturated rings. The average molecular weight is 403 g/mol. The van der Waals surface area contributed by atoms with Gasteiger partial charge in [0.05, 0.1) is 6.26 Å². The maximum Gasteiger partial charge on any atom is 0.377 e. The van der Waals surface area contributed by atoms with Crippen LogP contribution in [0.4, 0.5) is 0 Å². The van der Waals surface area contributed by atoms with Crippen LogP contribution < -0.4 is 4.57 Å². The van der Waals surface area contributed by atoms with E-state index < -0.39 is 0 Å². The summed E-state index contributed by atoms with van der Waals surface area (Å²) in [6.07, 6.45) is 5.23. The summed E-state index contributed by atoms with van der Waals surface area (Å²) in [5.74, 6) is -0.331. The number of para-hydroxylation sites is 1. The lowest BCUT2D eigenvalue weighted by Crippen LogP contribution is -2.39. The fourth-order valence-corrected chi connectivity index (χ4v) is 3.39. The minimum atomic E-state index is -0.331. The SMILES string of the molecule is Br.C=COC(=O)C[n+]1c(/C=C/c2ccccc2)sc2ccccc21. The number of esters is 1. The number of hydrogen-bond acceptors (Lipinski definition) is 3. The van der Waals surface area contributed by atoms with Gasteiger partial charge in [-0.3, -0.25) is 0 Å². The zero-order chi connectivity index (χ0) is 16.1. The quantitative estimate of drug-likeness (QED) is 0.354. The summed E-state index contributed by atoms with van der Waals surface area (Å²) in [7, 11) is 0. The summed E-state index contributed by atoms with van der Waals surface area (Å²) in [5.41, 5.74) is 2.14. The Balaban J connectivity index is 0.00000208. The van der Waals surface area contributed by atoms with Crippen LogP contribution >= 0.6 is 28.3 Å². The van der Waals surface area contributed by atoms with Crippen LogP contribution in [-0.2, 0) is 16.1 Å². The Morgan fingerprint density at radius 2 is 1.79 bits per heavy atom. The molecular formula is C19H17BrNO2S+. The number of rotatable bonds is 5. The molecule has 0 aliphatic rings. The molecule has 0 N–H and O–H groups in total. The summed E-state index contributed by atoms with van der Waals surface area (Å²) in [6, 6.07) is 18.1. The minimum absolute atomic E-state index is 0. The summed E-state index contributed by atoms with van der Waals surface area (Å²) in [6.45, 7) is 3.58. The van der Waals surface area contributed by atoms with Crippen LogP contribution in [0.5, 0.6) is 0 Å². The topological polar surface area (TPSA) is 30.2 Å². The molecule has 0 amide bonds. The molecule has 0 saturated heterocycles. The van der Waals surface area contributed by atoms with Crippen LogP contribution in [0.3, 0.4) is 0 Å². The number of thiazole rings is 1. The molecule has 3 rings (SSSR count). The Hall–Kier alpha value is -2.24. The van der Waals surface area contributed by atoms with E-state index in [9.17, 15) is 4.79 Å². The maximum absolute atomic E-state index is 11.8. The van der Waals surface area contributed by atoms with Gasteiger partial charge < -0.3 is 4.74 Å². The van der Waals surface area contributed by atoms with Gasteiger partial charge in [0.25, 0.3) is 5.01 Å². The van der Waals surface area contributed by atoms with E-state index >= 15 is 0 Å². The van der Waals surface area contributed by atoms with Crippen molar-refractivity contribution in [2.45, 2.75) is 6.54 Å². The highest BCUT2D eigenvalue weighted by Crippen LogP contribution is 2.22. The van der Waals surface area contributed by atoms with E-state index in [2.05, 4.69) is 12.6 Å². The number of aromatic nitrogens is 1. The smallest absolute Gasteiger partial charge is 0.377 e. The molecule has 0 atom stereocenters. The molecule has 3 nitrogen and oxygen atoms in total. The second kappa shape index (κ2) is 8.57. The molecule has 5 heteroatoms. The lowest BCUT2D eigenvalue weighted by molar-refractivity contribution is -0.657. The molecule has 0 spiro atoms. The number of hydrogen-bond donors (Lipinski definition) is 0. The van der Waals surface area contributed by atoms with Crippen LogP contribution in [0.25, 0.3) is 22.4 Å². The third-order valence-corrected chi connectivity index (χ3v) is 4.49. The van der Waals surface area contributed by atoms with Crippen LogP contribution in [0, 0.1) is 0 Å². The molecule has 1 aromatic heterocycles. The number of ether oxygens (including phenoxy) is 1. The van der Waals surface area contributed by atoms with Crippen LogP contribution in [0.1, 0.15) is 10.6 Å². The fourth-order valence-electron chi connectivity index (χ4n) is 2.33. The van der Waals surface area contributed by atoms with Crippen molar-refractivity contribution in [3.05, 3.63) is 78.0 Å². The molecule has 0 saturated carbocycles. The normalized spacial score (nSPS) is 10.5. The predicted octanol–water partition coefficient (Wildman–Crippen LogP) is 4.62. The van der Waals surface area contributed by atoms with E-state index in [1.165, 1.54) is 0 Å². The summed E-state index contributed by atoms with van der Waals surface area (Å²) in [4.78, 5) is 11.8. The standard InChI is InChI=1S/C19H16NO2S.BrH/c1-2-22-19(21)14-20-16-10-6-7-11-17(16)23-18(20)13-12-15-8-4-3-5-9-15;/h2-13H,1,14H2;1H/q+1;/b13-12+;. The Bertz CT molecular complexity index is 871. The Morgan fingerprint density at radius 1 is 1.08 bits per heavy atom. The predicted molar refractivity (Wildman–Crippen MR) is 104 cm³/mol. The number of carbonyl (C=O) groups excluding carboxylic acids is 1. The van der Waals surface area contributed by atoms with Crippen molar-refractivity contribution in [3.8, 4) is 0 Å². The molecule has 1 heterocycles. The Morgan fingerprint density at radius 3 is 2.54 bits per heavy atom.